The van der Waals surface area contributed by atoms with Crippen molar-refractivity contribution in [3.8, 4) is 5.75 Å². The molecule has 0 radical (unpaired) electrons. The molecule has 1 atom stereocenters. The first-order valence-corrected chi connectivity index (χ1v) is 9.87. The molecule has 0 unspecified atom stereocenters. The number of rotatable bonds is 4. The molecule has 1 saturated heterocycles. The molecule has 2 aliphatic rings. The molecular formula is C21H26N2O4. The van der Waals surface area contributed by atoms with Crippen LogP contribution in [-0.4, -0.2) is 47.1 Å². The topological polar surface area (TPSA) is 60.8 Å². The van der Waals surface area contributed by atoms with Crippen LogP contribution >= 0.6 is 0 Å². The molecule has 0 aliphatic carbocycles. The second-order valence-corrected chi connectivity index (χ2v) is 7.30. The van der Waals surface area contributed by atoms with E-state index in [2.05, 4.69) is 11.5 Å². The van der Waals surface area contributed by atoms with Crippen molar-refractivity contribution in [1.82, 2.24) is 9.47 Å². The molecule has 6 nitrogen and oxygen atoms in total. The Bertz CT molecular complexity index is 864. The van der Waals surface area contributed by atoms with Gasteiger partial charge in [-0.05, 0) is 38.3 Å². The van der Waals surface area contributed by atoms with E-state index < -0.39 is 0 Å². The van der Waals surface area contributed by atoms with Crippen LogP contribution in [-0.2, 0) is 16.1 Å². The Morgan fingerprint density at radius 3 is 2.70 bits per heavy atom. The molecule has 2 aromatic rings. The number of ether oxygens (including phenoxy) is 2. The van der Waals surface area contributed by atoms with Crippen LogP contribution in [0, 0.1) is 5.92 Å². The minimum Gasteiger partial charge on any atom is -0.486 e. The highest BCUT2D eigenvalue weighted by Gasteiger charge is 2.32. The lowest BCUT2D eigenvalue weighted by molar-refractivity contribution is -0.149. The van der Waals surface area contributed by atoms with E-state index in [1.807, 2.05) is 36.1 Å². The second kappa shape index (κ2) is 7.25. The van der Waals surface area contributed by atoms with Crippen LogP contribution in [0.5, 0.6) is 5.75 Å². The average Bonchev–Trinajstić information content (AvgIpc) is 3.07. The SMILES string of the molecule is CCOC(=O)C1CCN(C(=O)c2cc3cccc4c3n2C[C@@H](CC)O4)CC1. The van der Waals surface area contributed by atoms with Crippen molar-refractivity contribution in [2.75, 3.05) is 19.7 Å². The van der Waals surface area contributed by atoms with E-state index in [-0.39, 0.29) is 23.9 Å². The molecule has 0 bridgehead atoms. The molecule has 1 aromatic carbocycles. The number of hydrogen-bond donors (Lipinski definition) is 0. The number of carbonyl (C=O) groups is 2. The molecule has 27 heavy (non-hydrogen) atoms. The first-order chi connectivity index (χ1) is 13.1. The Morgan fingerprint density at radius 2 is 2.00 bits per heavy atom. The summed E-state index contributed by atoms with van der Waals surface area (Å²) in [5, 5.41) is 1.03. The van der Waals surface area contributed by atoms with E-state index >= 15 is 0 Å². The molecule has 3 heterocycles. The van der Waals surface area contributed by atoms with Crippen molar-refractivity contribution in [2.45, 2.75) is 45.8 Å². The van der Waals surface area contributed by atoms with E-state index in [9.17, 15) is 9.59 Å². The fourth-order valence-corrected chi connectivity index (χ4v) is 4.13. The zero-order valence-electron chi connectivity index (χ0n) is 15.9. The average molecular weight is 370 g/mol. The summed E-state index contributed by atoms with van der Waals surface area (Å²) in [6, 6.07) is 7.94. The van der Waals surface area contributed by atoms with Crippen molar-refractivity contribution in [1.29, 1.82) is 0 Å². The van der Waals surface area contributed by atoms with Gasteiger partial charge in [0.15, 0.2) is 0 Å². The fraction of sp³-hybridized carbons (Fsp3) is 0.524. The van der Waals surface area contributed by atoms with E-state index in [4.69, 9.17) is 9.47 Å². The first kappa shape index (κ1) is 17.9. The number of benzene rings is 1. The third kappa shape index (κ3) is 3.17. The van der Waals surface area contributed by atoms with Crippen molar-refractivity contribution in [3.63, 3.8) is 0 Å². The molecule has 0 saturated carbocycles. The lowest BCUT2D eigenvalue weighted by atomic mass is 9.97. The van der Waals surface area contributed by atoms with Crippen molar-refractivity contribution in [3.05, 3.63) is 30.0 Å². The fourth-order valence-electron chi connectivity index (χ4n) is 4.13. The van der Waals surface area contributed by atoms with Crippen molar-refractivity contribution in [2.24, 2.45) is 5.92 Å². The summed E-state index contributed by atoms with van der Waals surface area (Å²) in [5.41, 5.74) is 1.72. The van der Waals surface area contributed by atoms with Gasteiger partial charge in [0.25, 0.3) is 5.91 Å². The normalized spacial score (nSPS) is 19.8. The smallest absolute Gasteiger partial charge is 0.309 e. The zero-order valence-corrected chi connectivity index (χ0v) is 15.9. The number of piperidine rings is 1. The van der Waals surface area contributed by atoms with Crippen molar-refractivity contribution >= 4 is 22.8 Å². The van der Waals surface area contributed by atoms with E-state index in [0.717, 1.165) is 23.1 Å². The van der Waals surface area contributed by atoms with E-state index in [1.54, 1.807) is 0 Å². The van der Waals surface area contributed by atoms with Crippen LogP contribution in [0.25, 0.3) is 10.9 Å². The molecule has 6 heteroatoms. The number of aromatic nitrogens is 1. The van der Waals surface area contributed by atoms with Gasteiger partial charge in [0.05, 0.1) is 24.6 Å². The van der Waals surface area contributed by atoms with Gasteiger partial charge in [0, 0.05) is 18.5 Å². The van der Waals surface area contributed by atoms with Gasteiger partial charge in [-0.2, -0.15) is 0 Å². The summed E-state index contributed by atoms with van der Waals surface area (Å²) in [7, 11) is 0. The standard InChI is InChI=1S/C21H26N2O4/c1-3-16-13-23-17(12-15-6-5-7-18(27-16)19(15)23)20(24)22-10-8-14(9-11-22)21(25)26-4-2/h5-7,12,14,16H,3-4,8-11,13H2,1-2H3/t16-/m1/s1. The maximum Gasteiger partial charge on any atom is 0.309 e. The summed E-state index contributed by atoms with van der Waals surface area (Å²) >= 11 is 0. The van der Waals surface area contributed by atoms with Crippen LogP contribution in [0.15, 0.2) is 24.3 Å². The molecular weight excluding hydrogens is 344 g/mol. The highest BCUT2D eigenvalue weighted by atomic mass is 16.5. The maximum absolute atomic E-state index is 13.2. The quantitative estimate of drug-likeness (QED) is 0.776. The summed E-state index contributed by atoms with van der Waals surface area (Å²) in [6.45, 7) is 6.19. The molecule has 1 amide bonds. The molecule has 4 rings (SSSR count). The van der Waals surface area contributed by atoms with Gasteiger partial charge in [-0.3, -0.25) is 9.59 Å². The monoisotopic (exact) mass is 370 g/mol. The summed E-state index contributed by atoms with van der Waals surface area (Å²) < 4.78 is 13.3. The van der Waals surface area contributed by atoms with Crippen molar-refractivity contribution < 1.29 is 19.1 Å². The number of amides is 1. The highest BCUT2D eigenvalue weighted by molar-refractivity contribution is 6.00. The highest BCUT2D eigenvalue weighted by Crippen LogP contribution is 2.35. The Labute approximate surface area is 159 Å². The van der Waals surface area contributed by atoms with Gasteiger partial charge in [0.2, 0.25) is 0 Å². The third-order valence-corrected chi connectivity index (χ3v) is 5.64. The van der Waals surface area contributed by atoms with Crippen LogP contribution in [0.3, 0.4) is 0 Å². The van der Waals surface area contributed by atoms with Crippen LogP contribution in [0.2, 0.25) is 0 Å². The van der Waals surface area contributed by atoms with Gasteiger partial charge < -0.3 is 18.9 Å². The summed E-state index contributed by atoms with van der Waals surface area (Å²) in [5.74, 6) is 0.658. The Morgan fingerprint density at radius 1 is 1.22 bits per heavy atom. The third-order valence-electron chi connectivity index (χ3n) is 5.64. The van der Waals surface area contributed by atoms with Gasteiger partial charge in [-0.25, -0.2) is 0 Å². The Hall–Kier alpha value is -2.50. The van der Waals surface area contributed by atoms with Crippen LogP contribution < -0.4 is 4.74 Å². The van der Waals surface area contributed by atoms with Gasteiger partial charge >= 0.3 is 5.97 Å². The molecule has 2 aliphatic heterocycles. The van der Waals surface area contributed by atoms with Crippen LogP contribution in [0.1, 0.15) is 43.6 Å². The molecule has 1 fully saturated rings. The van der Waals surface area contributed by atoms with E-state index in [1.165, 1.54) is 0 Å². The molecule has 144 valence electrons. The first-order valence-electron chi connectivity index (χ1n) is 9.87. The molecule has 0 N–H and O–H groups in total. The van der Waals surface area contributed by atoms with Gasteiger partial charge in [-0.15, -0.1) is 0 Å². The van der Waals surface area contributed by atoms with Gasteiger partial charge in [-0.1, -0.05) is 19.1 Å². The number of carbonyl (C=O) groups excluding carboxylic acids is 2. The lowest BCUT2D eigenvalue weighted by Gasteiger charge is -2.32. The minimum atomic E-state index is -0.138. The lowest BCUT2D eigenvalue weighted by Crippen LogP contribution is -2.41. The predicted molar refractivity (Wildman–Crippen MR) is 102 cm³/mol. The maximum atomic E-state index is 13.2. The number of para-hydroxylation sites is 1. The number of esters is 1. The van der Waals surface area contributed by atoms with E-state index in [0.29, 0.717) is 44.8 Å². The second-order valence-electron chi connectivity index (χ2n) is 7.30. The molecule has 0 spiro atoms. The summed E-state index contributed by atoms with van der Waals surface area (Å²) in [6.07, 6.45) is 2.30. The van der Waals surface area contributed by atoms with Crippen LogP contribution in [0.4, 0.5) is 0 Å². The molecule has 1 aromatic heterocycles. The largest absolute Gasteiger partial charge is 0.486 e. The zero-order chi connectivity index (χ0) is 19.0. The number of likely N-dealkylation sites (tertiary alicyclic amines) is 1. The minimum absolute atomic E-state index is 0.0382. The van der Waals surface area contributed by atoms with Gasteiger partial charge in [0.1, 0.15) is 17.5 Å². The predicted octanol–water partition coefficient (Wildman–Crippen LogP) is 3.23. The summed E-state index contributed by atoms with van der Waals surface area (Å²) in [4.78, 5) is 27.0. The number of nitrogens with zero attached hydrogens (tertiary/aromatic N) is 2. The Balaban J connectivity index is 1.56. The number of hydrogen-bond acceptors (Lipinski definition) is 4. The Kier molecular flexibility index (Phi) is 4.81.